The largest absolute Gasteiger partial charge is 0.445 e. The molecule has 1 aliphatic heterocycles. The summed E-state index contributed by atoms with van der Waals surface area (Å²) in [6, 6.07) is 9.95. The molecule has 0 N–H and O–H groups in total. The fraction of sp³-hybridized carbons (Fsp3) is 0.611. The number of carbonyl (C=O) groups is 1. The lowest BCUT2D eigenvalue weighted by molar-refractivity contribution is 0.0691. The van der Waals surface area contributed by atoms with E-state index < -0.39 is 0 Å². The van der Waals surface area contributed by atoms with Crippen molar-refractivity contribution >= 4 is 6.09 Å². The summed E-state index contributed by atoms with van der Waals surface area (Å²) in [7, 11) is 0. The Labute approximate surface area is 126 Å². The molecule has 3 heteroatoms. The fourth-order valence-corrected chi connectivity index (χ4v) is 4.72. The lowest BCUT2D eigenvalue weighted by Crippen LogP contribution is -2.44. The molecule has 2 atom stereocenters. The molecule has 3 aliphatic rings. The van der Waals surface area contributed by atoms with Crippen LogP contribution in [-0.4, -0.2) is 23.1 Å². The highest BCUT2D eigenvalue weighted by Crippen LogP contribution is 2.63. The van der Waals surface area contributed by atoms with E-state index in [9.17, 15) is 4.79 Å². The molecular weight excluding hydrogens is 262 g/mol. The van der Waals surface area contributed by atoms with Gasteiger partial charge in [0.1, 0.15) is 6.61 Å². The van der Waals surface area contributed by atoms with Gasteiger partial charge in [0.25, 0.3) is 0 Å². The van der Waals surface area contributed by atoms with Gasteiger partial charge in [-0.05, 0) is 43.1 Å². The third-order valence-electron chi connectivity index (χ3n) is 5.81. The van der Waals surface area contributed by atoms with Crippen LogP contribution in [0, 0.1) is 11.8 Å². The second-order valence-electron chi connectivity index (χ2n) is 6.85. The van der Waals surface area contributed by atoms with Crippen LogP contribution in [0.3, 0.4) is 0 Å². The molecule has 4 rings (SSSR count). The summed E-state index contributed by atoms with van der Waals surface area (Å²) in [6.07, 6.45) is 7.59. The Balaban J connectivity index is 1.42. The molecule has 1 heterocycles. The summed E-state index contributed by atoms with van der Waals surface area (Å²) in [6.45, 7) is 1.29. The molecule has 2 aliphatic carbocycles. The van der Waals surface area contributed by atoms with Crippen LogP contribution < -0.4 is 0 Å². The zero-order valence-corrected chi connectivity index (χ0v) is 12.5. The van der Waals surface area contributed by atoms with E-state index in [1.165, 1.54) is 38.5 Å². The molecule has 21 heavy (non-hydrogen) atoms. The lowest BCUT2D eigenvalue weighted by Gasteiger charge is -2.32. The van der Waals surface area contributed by atoms with Crippen LogP contribution in [0.1, 0.15) is 44.1 Å². The molecule has 3 nitrogen and oxygen atoms in total. The van der Waals surface area contributed by atoms with E-state index in [2.05, 4.69) is 4.90 Å². The minimum absolute atomic E-state index is 0.0919. The third kappa shape index (κ3) is 2.14. The molecule has 1 saturated heterocycles. The zero-order chi connectivity index (χ0) is 14.3. The van der Waals surface area contributed by atoms with Gasteiger partial charge in [-0.2, -0.15) is 0 Å². The lowest BCUT2D eigenvalue weighted by atomic mass is 9.93. The number of ether oxygens (including phenoxy) is 1. The zero-order valence-electron chi connectivity index (χ0n) is 12.5. The second-order valence-corrected chi connectivity index (χ2v) is 6.85. The minimum atomic E-state index is -0.0919. The number of likely N-dealkylation sites (tertiary alicyclic amines) is 1. The molecule has 0 aromatic heterocycles. The Morgan fingerprint density at radius 1 is 1.14 bits per heavy atom. The molecule has 0 spiro atoms. The highest BCUT2D eigenvalue weighted by molar-refractivity contribution is 5.70. The molecule has 1 amide bonds. The number of hydrogen-bond donors (Lipinski definition) is 0. The number of hydrogen-bond acceptors (Lipinski definition) is 2. The maximum Gasteiger partial charge on any atom is 0.410 e. The average molecular weight is 285 g/mol. The van der Waals surface area contributed by atoms with E-state index in [4.69, 9.17) is 4.74 Å². The van der Waals surface area contributed by atoms with Gasteiger partial charge in [0, 0.05) is 6.54 Å². The third-order valence-corrected chi connectivity index (χ3v) is 5.81. The summed E-state index contributed by atoms with van der Waals surface area (Å²) in [5, 5.41) is 0. The average Bonchev–Trinajstić information content (AvgIpc) is 2.93. The van der Waals surface area contributed by atoms with Gasteiger partial charge in [0.2, 0.25) is 0 Å². The Morgan fingerprint density at radius 3 is 2.62 bits per heavy atom. The first-order valence-corrected chi connectivity index (χ1v) is 8.29. The summed E-state index contributed by atoms with van der Waals surface area (Å²) in [4.78, 5) is 14.6. The number of fused-ring (bicyclic) bond motifs is 1. The Morgan fingerprint density at radius 2 is 1.90 bits per heavy atom. The predicted octanol–water partition coefficient (Wildman–Crippen LogP) is 3.98. The van der Waals surface area contributed by atoms with E-state index in [1.807, 2.05) is 30.3 Å². The van der Waals surface area contributed by atoms with Crippen LogP contribution in [-0.2, 0) is 11.3 Å². The Hall–Kier alpha value is -1.51. The molecular formula is C18H23NO2. The monoisotopic (exact) mass is 285 g/mol. The summed E-state index contributed by atoms with van der Waals surface area (Å²) >= 11 is 0. The number of benzene rings is 1. The van der Waals surface area contributed by atoms with Gasteiger partial charge in [-0.3, -0.25) is 0 Å². The molecule has 0 bridgehead atoms. The van der Waals surface area contributed by atoms with E-state index in [0.717, 1.165) is 23.9 Å². The van der Waals surface area contributed by atoms with Gasteiger partial charge in [0.05, 0.1) is 5.54 Å². The normalized spacial score (nSPS) is 31.2. The molecule has 3 fully saturated rings. The highest BCUT2D eigenvalue weighted by atomic mass is 16.6. The quantitative estimate of drug-likeness (QED) is 0.840. The van der Waals surface area contributed by atoms with Gasteiger partial charge in [-0.15, -0.1) is 0 Å². The van der Waals surface area contributed by atoms with Gasteiger partial charge in [-0.25, -0.2) is 4.79 Å². The summed E-state index contributed by atoms with van der Waals surface area (Å²) in [5.41, 5.74) is 1.25. The summed E-state index contributed by atoms with van der Waals surface area (Å²) in [5.74, 6) is 1.49. The van der Waals surface area contributed by atoms with Gasteiger partial charge < -0.3 is 9.64 Å². The van der Waals surface area contributed by atoms with Crippen molar-refractivity contribution in [1.29, 1.82) is 0 Å². The molecule has 1 aromatic carbocycles. The van der Waals surface area contributed by atoms with Crippen molar-refractivity contribution in [3.63, 3.8) is 0 Å². The maximum absolute atomic E-state index is 12.5. The smallest absolute Gasteiger partial charge is 0.410 e. The van der Waals surface area contributed by atoms with Crippen LogP contribution in [0.2, 0.25) is 0 Å². The topological polar surface area (TPSA) is 29.5 Å². The Bertz CT molecular complexity index is 523. The standard InChI is InChI=1S/C18H23NO2/c20-17(21-13-14-6-2-1-3-7-14)19-11-10-16-12-18(16,19)15-8-4-5-9-15/h1-3,6-7,15-16H,4-5,8-13H2/t16-,18-/m1/s1. The van der Waals surface area contributed by atoms with Crippen LogP contribution in [0.25, 0.3) is 0 Å². The van der Waals surface area contributed by atoms with E-state index in [-0.39, 0.29) is 11.6 Å². The number of amides is 1. The van der Waals surface area contributed by atoms with E-state index in [0.29, 0.717) is 6.61 Å². The first-order valence-electron chi connectivity index (χ1n) is 8.29. The van der Waals surface area contributed by atoms with Crippen molar-refractivity contribution in [2.45, 2.75) is 50.7 Å². The maximum atomic E-state index is 12.5. The minimum Gasteiger partial charge on any atom is -0.445 e. The van der Waals surface area contributed by atoms with E-state index >= 15 is 0 Å². The van der Waals surface area contributed by atoms with Gasteiger partial charge in [0.15, 0.2) is 0 Å². The van der Waals surface area contributed by atoms with Crippen LogP contribution in [0.5, 0.6) is 0 Å². The molecule has 112 valence electrons. The molecule has 1 aromatic rings. The number of nitrogens with zero attached hydrogens (tertiary/aromatic N) is 1. The number of rotatable bonds is 3. The Kier molecular flexibility index (Phi) is 3.16. The van der Waals surface area contributed by atoms with Gasteiger partial charge >= 0.3 is 6.09 Å². The van der Waals surface area contributed by atoms with E-state index in [1.54, 1.807) is 0 Å². The SMILES string of the molecule is O=C(OCc1ccccc1)N1CC[C@@H]2C[C@@]21C1CCCC1. The van der Waals surface area contributed by atoms with Crippen LogP contribution in [0.15, 0.2) is 30.3 Å². The number of carbonyl (C=O) groups excluding carboxylic acids is 1. The fourth-order valence-electron chi connectivity index (χ4n) is 4.72. The van der Waals surface area contributed by atoms with Crippen LogP contribution in [0.4, 0.5) is 4.79 Å². The predicted molar refractivity (Wildman–Crippen MR) is 80.7 cm³/mol. The molecule has 0 radical (unpaired) electrons. The van der Waals surface area contributed by atoms with Crippen molar-refractivity contribution < 1.29 is 9.53 Å². The van der Waals surface area contributed by atoms with Crippen molar-refractivity contribution in [3.8, 4) is 0 Å². The van der Waals surface area contributed by atoms with Crippen molar-refractivity contribution in [2.24, 2.45) is 11.8 Å². The van der Waals surface area contributed by atoms with Crippen molar-refractivity contribution in [1.82, 2.24) is 4.90 Å². The second kappa shape index (κ2) is 5.04. The summed E-state index contributed by atoms with van der Waals surface area (Å²) < 4.78 is 5.58. The van der Waals surface area contributed by atoms with Crippen molar-refractivity contribution in [3.05, 3.63) is 35.9 Å². The van der Waals surface area contributed by atoms with Crippen LogP contribution >= 0.6 is 0 Å². The molecule has 0 unspecified atom stereocenters. The highest BCUT2D eigenvalue weighted by Gasteiger charge is 2.67. The first kappa shape index (κ1) is 13.2. The van der Waals surface area contributed by atoms with Gasteiger partial charge in [-0.1, -0.05) is 43.2 Å². The molecule has 2 saturated carbocycles. The first-order chi connectivity index (χ1) is 10.3. The van der Waals surface area contributed by atoms with Crippen molar-refractivity contribution in [2.75, 3.05) is 6.54 Å². The number of piperidine rings is 1.